The molecule has 21 heavy (non-hydrogen) atoms. The summed E-state index contributed by atoms with van der Waals surface area (Å²) >= 11 is 3.45. The third-order valence-electron chi connectivity index (χ3n) is 3.91. The molecule has 1 aromatic carbocycles. The maximum Gasteiger partial charge on any atom is 0.150 e. The smallest absolute Gasteiger partial charge is 0.150 e. The lowest BCUT2D eigenvalue weighted by atomic mass is 9.97. The molecule has 118 valence electrons. The Hall–Kier alpha value is -0.590. The molecule has 0 bridgehead atoms. The van der Waals surface area contributed by atoms with Gasteiger partial charge in [-0.2, -0.15) is 0 Å². The highest BCUT2D eigenvalue weighted by atomic mass is 79.9. The molecule has 2 N–H and O–H groups in total. The van der Waals surface area contributed by atoms with Gasteiger partial charge in [0.15, 0.2) is 0 Å². The van der Waals surface area contributed by atoms with Gasteiger partial charge >= 0.3 is 0 Å². The predicted octanol–water partition coefficient (Wildman–Crippen LogP) is 2.68. The molecule has 4 nitrogen and oxygen atoms in total. The summed E-state index contributed by atoms with van der Waals surface area (Å²) in [7, 11) is -2.99. The summed E-state index contributed by atoms with van der Waals surface area (Å²) in [6.07, 6.45) is 5.16. The van der Waals surface area contributed by atoms with E-state index < -0.39 is 9.84 Å². The molecule has 0 aliphatic heterocycles. The van der Waals surface area contributed by atoms with Crippen LogP contribution in [0.3, 0.4) is 0 Å². The molecular formula is C15H22BrNO3S. The second-order valence-electron chi connectivity index (χ2n) is 5.65. The lowest BCUT2D eigenvalue weighted by Crippen LogP contribution is -2.33. The zero-order chi connectivity index (χ0) is 15.5. The maximum atomic E-state index is 11.7. The molecule has 0 amide bonds. The van der Waals surface area contributed by atoms with Crippen LogP contribution in [0.2, 0.25) is 0 Å². The van der Waals surface area contributed by atoms with Gasteiger partial charge in [-0.3, -0.25) is 0 Å². The largest absolute Gasteiger partial charge is 0.490 e. The van der Waals surface area contributed by atoms with Crippen molar-refractivity contribution in [1.29, 1.82) is 0 Å². The maximum absolute atomic E-state index is 11.7. The van der Waals surface area contributed by atoms with Crippen LogP contribution in [0, 0.1) is 0 Å². The highest BCUT2D eigenvalue weighted by Gasteiger charge is 2.30. The minimum Gasteiger partial charge on any atom is -0.490 e. The topological polar surface area (TPSA) is 69.4 Å². The first-order valence-electron chi connectivity index (χ1n) is 7.24. The lowest BCUT2D eigenvalue weighted by Gasteiger charge is -2.29. The molecule has 0 spiro atoms. The quantitative estimate of drug-likeness (QED) is 0.858. The number of rotatable bonds is 5. The van der Waals surface area contributed by atoms with Crippen LogP contribution < -0.4 is 10.5 Å². The van der Waals surface area contributed by atoms with E-state index in [1.165, 1.54) is 6.26 Å². The number of ether oxygens (including phenoxy) is 1. The summed E-state index contributed by atoms with van der Waals surface area (Å²) in [5.74, 6) is 0.822. The third-order valence-corrected chi connectivity index (χ3v) is 6.05. The van der Waals surface area contributed by atoms with E-state index in [-0.39, 0.29) is 11.4 Å². The van der Waals surface area contributed by atoms with Crippen molar-refractivity contribution in [3.63, 3.8) is 0 Å². The van der Waals surface area contributed by atoms with Crippen LogP contribution in [0.4, 0.5) is 0 Å². The summed E-state index contributed by atoms with van der Waals surface area (Å²) in [4.78, 5) is 0. The van der Waals surface area contributed by atoms with Crippen LogP contribution in [-0.4, -0.2) is 32.6 Å². The molecule has 2 rings (SSSR count). The van der Waals surface area contributed by atoms with Gasteiger partial charge < -0.3 is 10.5 Å². The van der Waals surface area contributed by atoms with E-state index in [0.717, 1.165) is 41.5 Å². The Morgan fingerprint density at radius 2 is 2.14 bits per heavy atom. The van der Waals surface area contributed by atoms with Crippen LogP contribution >= 0.6 is 15.9 Å². The van der Waals surface area contributed by atoms with Crippen molar-refractivity contribution in [3.05, 3.63) is 28.2 Å². The summed E-state index contributed by atoms with van der Waals surface area (Å²) in [5.41, 5.74) is 6.70. The first kappa shape index (κ1) is 16.8. The Morgan fingerprint density at radius 1 is 1.38 bits per heavy atom. The van der Waals surface area contributed by atoms with Gasteiger partial charge in [-0.25, -0.2) is 8.42 Å². The van der Waals surface area contributed by atoms with E-state index in [9.17, 15) is 8.42 Å². The van der Waals surface area contributed by atoms with Gasteiger partial charge in [0.1, 0.15) is 15.6 Å². The van der Waals surface area contributed by atoms with Crippen LogP contribution in [0.5, 0.6) is 5.75 Å². The van der Waals surface area contributed by atoms with Crippen molar-refractivity contribution in [2.24, 2.45) is 5.73 Å². The SMILES string of the molecule is CS(=O)(=O)C1CCCC(Oc2ccc(Br)cc2CCN)C1. The fourth-order valence-electron chi connectivity index (χ4n) is 2.79. The van der Waals surface area contributed by atoms with Crippen molar-refractivity contribution in [3.8, 4) is 5.75 Å². The van der Waals surface area contributed by atoms with E-state index in [1.54, 1.807) is 0 Å². The number of sulfone groups is 1. The number of hydrogen-bond donors (Lipinski definition) is 1. The molecule has 0 aromatic heterocycles. The molecule has 1 aliphatic rings. The van der Waals surface area contributed by atoms with E-state index in [0.29, 0.717) is 13.0 Å². The first-order valence-corrected chi connectivity index (χ1v) is 9.99. The number of benzene rings is 1. The summed E-state index contributed by atoms with van der Waals surface area (Å²) in [6, 6.07) is 5.88. The van der Waals surface area contributed by atoms with Crippen molar-refractivity contribution in [1.82, 2.24) is 0 Å². The molecule has 0 radical (unpaired) electrons. The molecular weight excluding hydrogens is 354 g/mol. The highest BCUT2D eigenvalue weighted by Crippen LogP contribution is 2.30. The normalized spacial score (nSPS) is 23.0. The molecule has 1 fully saturated rings. The fourth-order valence-corrected chi connectivity index (χ4v) is 4.36. The third kappa shape index (κ3) is 4.69. The Bertz CT molecular complexity index is 589. The molecule has 0 saturated heterocycles. The molecule has 1 saturated carbocycles. The molecule has 6 heteroatoms. The Morgan fingerprint density at radius 3 is 2.81 bits per heavy atom. The second kappa shape index (κ2) is 7.11. The van der Waals surface area contributed by atoms with Gasteiger partial charge in [-0.15, -0.1) is 0 Å². The Labute approximate surface area is 135 Å². The average molecular weight is 376 g/mol. The number of halogens is 1. The van der Waals surface area contributed by atoms with Crippen LogP contribution in [0.15, 0.2) is 22.7 Å². The zero-order valence-electron chi connectivity index (χ0n) is 12.2. The fraction of sp³-hybridized carbons (Fsp3) is 0.600. The van der Waals surface area contributed by atoms with Gasteiger partial charge in [-0.05, 0) is 56.0 Å². The second-order valence-corrected chi connectivity index (χ2v) is 8.89. The molecule has 2 unspecified atom stereocenters. The monoisotopic (exact) mass is 375 g/mol. The molecule has 2 atom stereocenters. The van der Waals surface area contributed by atoms with E-state index in [4.69, 9.17) is 10.5 Å². The van der Waals surface area contributed by atoms with Crippen LogP contribution in [0.25, 0.3) is 0 Å². The van der Waals surface area contributed by atoms with E-state index in [1.807, 2.05) is 18.2 Å². The van der Waals surface area contributed by atoms with Crippen molar-refractivity contribution in [2.75, 3.05) is 12.8 Å². The Balaban J connectivity index is 2.11. The van der Waals surface area contributed by atoms with Gasteiger partial charge in [0.2, 0.25) is 0 Å². The van der Waals surface area contributed by atoms with Crippen LogP contribution in [0.1, 0.15) is 31.2 Å². The standard InChI is InChI=1S/C15H22BrNO3S/c1-21(18,19)14-4-2-3-13(10-14)20-15-6-5-12(16)9-11(15)7-8-17/h5-6,9,13-14H,2-4,7-8,10,17H2,1H3. The number of hydrogen-bond acceptors (Lipinski definition) is 4. The van der Waals surface area contributed by atoms with Crippen molar-refractivity contribution in [2.45, 2.75) is 43.5 Å². The average Bonchev–Trinajstić information content (AvgIpc) is 2.42. The van der Waals surface area contributed by atoms with Gasteiger partial charge in [-0.1, -0.05) is 15.9 Å². The van der Waals surface area contributed by atoms with Gasteiger partial charge in [0.25, 0.3) is 0 Å². The van der Waals surface area contributed by atoms with E-state index >= 15 is 0 Å². The zero-order valence-corrected chi connectivity index (χ0v) is 14.6. The summed E-state index contributed by atoms with van der Waals surface area (Å²) in [5, 5.41) is -0.273. The van der Waals surface area contributed by atoms with Crippen molar-refractivity contribution >= 4 is 25.8 Å². The van der Waals surface area contributed by atoms with Gasteiger partial charge in [0, 0.05) is 17.1 Å². The number of nitrogens with two attached hydrogens (primary N) is 1. The van der Waals surface area contributed by atoms with Crippen LogP contribution in [-0.2, 0) is 16.3 Å². The van der Waals surface area contributed by atoms with E-state index in [2.05, 4.69) is 15.9 Å². The molecule has 1 aromatic rings. The molecule has 1 aliphatic carbocycles. The van der Waals surface area contributed by atoms with Crippen molar-refractivity contribution < 1.29 is 13.2 Å². The summed E-state index contributed by atoms with van der Waals surface area (Å²) in [6.45, 7) is 0.559. The minimum absolute atomic E-state index is 0.0313. The summed E-state index contributed by atoms with van der Waals surface area (Å²) < 4.78 is 30.5. The minimum atomic E-state index is -2.99. The van der Waals surface area contributed by atoms with Gasteiger partial charge in [0.05, 0.1) is 11.4 Å². The first-order chi connectivity index (χ1) is 9.90. The highest BCUT2D eigenvalue weighted by molar-refractivity contribution is 9.10. The lowest BCUT2D eigenvalue weighted by molar-refractivity contribution is 0.155. The Kier molecular flexibility index (Phi) is 5.68. The predicted molar refractivity (Wildman–Crippen MR) is 88.4 cm³/mol. The molecule has 0 heterocycles.